The number of aryl methyl sites for hydroxylation is 3. The molecule has 4 rings (SSSR count). The van der Waals surface area contributed by atoms with Gasteiger partial charge in [0, 0.05) is 43.0 Å². The van der Waals surface area contributed by atoms with Crippen molar-refractivity contribution in [1.29, 1.82) is 0 Å². The van der Waals surface area contributed by atoms with Gasteiger partial charge >= 0.3 is 0 Å². The fourth-order valence-corrected chi connectivity index (χ4v) is 4.34. The van der Waals surface area contributed by atoms with Gasteiger partial charge in [-0.1, -0.05) is 24.3 Å². The predicted molar refractivity (Wildman–Crippen MR) is 109 cm³/mol. The van der Waals surface area contributed by atoms with Gasteiger partial charge in [0.1, 0.15) is 5.82 Å². The van der Waals surface area contributed by atoms with E-state index in [-0.39, 0.29) is 5.82 Å². The molecule has 2 heterocycles. The number of rotatable bonds is 3. The van der Waals surface area contributed by atoms with Crippen molar-refractivity contribution in [3.63, 3.8) is 0 Å². The first kappa shape index (κ1) is 17.8. The Hall–Kier alpha value is -2.62. The topological polar surface area (TPSA) is 21.1 Å². The van der Waals surface area contributed by atoms with Crippen molar-refractivity contribution in [2.24, 2.45) is 7.05 Å². The molecule has 3 aromatic rings. The van der Waals surface area contributed by atoms with E-state index < -0.39 is 0 Å². The van der Waals surface area contributed by atoms with Gasteiger partial charge in [-0.15, -0.1) is 0 Å². The Bertz CT molecular complexity index is 933. The van der Waals surface area contributed by atoms with Crippen LogP contribution in [0.5, 0.6) is 0 Å². The fraction of sp³-hybridized carbons (Fsp3) is 0.348. The molecule has 0 radical (unpaired) electrons. The predicted octanol–water partition coefficient (Wildman–Crippen LogP) is 5.23. The smallest absolute Gasteiger partial charge is 0.126 e. The van der Waals surface area contributed by atoms with E-state index >= 15 is 0 Å². The van der Waals surface area contributed by atoms with Crippen LogP contribution in [0, 0.1) is 19.7 Å². The van der Waals surface area contributed by atoms with Crippen molar-refractivity contribution >= 4 is 5.69 Å². The summed E-state index contributed by atoms with van der Waals surface area (Å²) in [6.07, 6.45) is 4.16. The number of imidazole rings is 1. The van der Waals surface area contributed by atoms with Gasteiger partial charge in [0.2, 0.25) is 0 Å². The van der Waals surface area contributed by atoms with Gasteiger partial charge in [-0.3, -0.25) is 0 Å². The van der Waals surface area contributed by atoms with E-state index in [1.165, 1.54) is 16.9 Å². The second-order valence-corrected chi connectivity index (χ2v) is 7.57. The molecule has 0 unspecified atom stereocenters. The van der Waals surface area contributed by atoms with Crippen LogP contribution in [0.2, 0.25) is 0 Å². The summed E-state index contributed by atoms with van der Waals surface area (Å²) in [7, 11) is 2.09. The zero-order chi connectivity index (χ0) is 19.0. The number of nitrogens with zero attached hydrogens (tertiary/aromatic N) is 3. The summed E-state index contributed by atoms with van der Waals surface area (Å²) in [5.41, 5.74) is 6.71. The summed E-state index contributed by atoms with van der Waals surface area (Å²) in [5, 5.41) is 0. The molecule has 1 saturated heterocycles. The highest BCUT2D eigenvalue weighted by Gasteiger charge is 2.25. The summed E-state index contributed by atoms with van der Waals surface area (Å²) in [5.74, 6) is 0.414. The minimum absolute atomic E-state index is 0.149. The third kappa shape index (κ3) is 3.36. The van der Waals surface area contributed by atoms with Gasteiger partial charge in [-0.2, -0.15) is 0 Å². The molecule has 0 spiro atoms. The molecule has 0 atom stereocenters. The summed E-state index contributed by atoms with van der Waals surface area (Å²) in [6.45, 7) is 5.97. The van der Waals surface area contributed by atoms with E-state index in [4.69, 9.17) is 0 Å². The minimum Gasteiger partial charge on any atom is -0.371 e. The SMILES string of the molecule is Cc1cc(-c2ccccc2N2CCC(c3c(C)ncn3C)CC2)ccc1F. The molecule has 0 saturated carbocycles. The molecule has 1 aliphatic rings. The second-order valence-electron chi connectivity index (χ2n) is 7.57. The van der Waals surface area contributed by atoms with Crippen molar-refractivity contribution in [2.45, 2.75) is 32.6 Å². The first-order chi connectivity index (χ1) is 13.0. The average molecular weight is 363 g/mol. The number of hydrogen-bond donors (Lipinski definition) is 0. The van der Waals surface area contributed by atoms with Crippen molar-refractivity contribution in [3.05, 3.63) is 71.6 Å². The molecule has 0 bridgehead atoms. The molecule has 140 valence electrons. The number of benzene rings is 2. The molecule has 1 fully saturated rings. The Morgan fingerprint density at radius 1 is 1.04 bits per heavy atom. The van der Waals surface area contributed by atoms with Crippen LogP contribution >= 0.6 is 0 Å². The highest BCUT2D eigenvalue weighted by molar-refractivity contribution is 5.79. The first-order valence-electron chi connectivity index (χ1n) is 9.63. The Morgan fingerprint density at radius 3 is 2.44 bits per heavy atom. The molecule has 0 N–H and O–H groups in total. The van der Waals surface area contributed by atoms with Crippen molar-refractivity contribution in [1.82, 2.24) is 9.55 Å². The molecule has 3 nitrogen and oxygen atoms in total. The first-order valence-corrected chi connectivity index (χ1v) is 9.63. The summed E-state index contributed by atoms with van der Waals surface area (Å²) >= 11 is 0. The molecule has 1 aliphatic heterocycles. The standard InChI is InChI=1S/C23H26FN3/c1-16-14-19(8-9-21(16)24)20-6-4-5-7-22(20)27-12-10-18(11-13-27)23-17(2)25-15-26(23)3/h4-9,14-15,18H,10-13H2,1-3H3. The van der Waals surface area contributed by atoms with Crippen LogP contribution in [-0.2, 0) is 7.05 Å². The van der Waals surface area contributed by atoms with E-state index in [1.54, 1.807) is 6.07 Å². The number of anilines is 1. The molecule has 0 aliphatic carbocycles. The third-order valence-electron chi connectivity index (χ3n) is 5.77. The lowest BCUT2D eigenvalue weighted by Crippen LogP contribution is -2.33. The molecule has 0 amide bonds. The largest absolute Gasteiger partial charge is 0.371 e. The number of piperidine rings is 1. The molecule has 2 aromatic carbocycles. The van der Waals surface area contributed by atoms with E-state index in [0.29, 0.717) is 11.5 Å². The van der Waals surface area contributed by atoms with E-state index in [2.05, 4.69) is 52.7 Å². The van der Waals surface area contributed by atoms with Crippen LogP contribution in [0.3, 0.4) is 0 Å². The molecular weight excluding hydrogens is 337 g/mol. The van der Waals surface area contributed by atoms with Gasteiger partial charge in [-0.05, 0) is 56.0 Å². The van der Waals surface area contributed by atoms with Crippen molar-refractivity contribution in [3.8, 4) is 11.1 Å². The van der Waals surface area contributed by atoms with Crippen LogP contribution in [0.15, 0.2) is 48.8 Å². The number of para-hydroxylation sites is 1. The van der Waals surface area contributed by atoms with Gasteiger partial charge in [-0.25, -0.2) is 9.37 Å². The highest BCUT2D eigenvalue weighted by atomic mass is 19.1. The lowest BCUT2D eigenvalue weighted by atomic mass is 9.91. The Kier molecular flexibility index (Phi) is 4.73. The van der Waals surface area contributed by atoms with Gasteiger partial charge in [0.25, 0.3) is 0 Å². The minimum atomic E-state index is -0.149. The van der Waals surface area contributed by atoms with Crippen LogP contribution in [0.25, 0.3) is 11.1 Å². The summed E-state index contributed by atoms with van der Waals surface area (Å²) in [6, 6.07) is 13.9. The lowest BCUT2D eigenvalue weighted by molar-refractivity contribution is 0.484. The van der Waals surface area contributed by atoms with E-state index in [0.717, 1.165) is 37.2 Å². The Balaban J connectivity index is 1.58. The zero-order valence-electron chi connectivity index (χ0n) is 16.2. The lowest BCUT2D eigenvalue weighted by Gasteiger charge is -2.35. The molecule has 1 aromatic heterocycles. The number of aromatic nitrogens is 2. The van der Waals surface area contributed by atoms with Crippen LogP contribution < -0.4 is 4.90 Å². The second kappa shape index (κ2) is 7.18. The Morgan fingerprint density at radius 2 is 1.78 bits per heavy atom. The van der Waals surface area contributed by atoms with Crippen LogP contribution in [-0.4, -0.2) is 22.6 Å². The monoisotopic (exact) mass is 363 g/mol. The molecule has 4 heteroatoms. The van der Waals surface area contributed by atoms with Gasteiger partial charge in [0.05, 0.1) is 12.0 Å². The fourth-order valence-electron chi connectivity index (χ4n) is 4.34. The van der Waals surface area contributed by atoms with Gasteiger partial charge < -0.3 is 9.47 Å². The third-order valence-corrected chi connectivity index (χ3v) is 5.77. The normalized spacial score (nSPS) is 15.3. The van der Waals surface area contributed by atoms with Crippen molar-refractivity contribution in [2.75, 3.05) is 18.0 Å². The van der Waals surface area contributed by atoms with Crippen LogP contribution in [0.1, 0.15) is 35.7 Å². The van der Waals surface area contributed by atoms with Crippen LogP contribution in [0.4, 0.5) is 10.1 Å². The number of hydrogen-bond acceptors (Lipinski definition) is 2. The maximum absolute atomic E-state index is 13.7. The maximum atomic E-state index is 13.7. The van der Waals surface area contributed by atoms with E-state index in [9.17, 15) is 4.39 Å². The molecule has 27 heavy (non-hydrogen) atoms. The molecular formula is C23H26FN3. The van der Waals surface area contributed by atoms with Gasteiger partial charge in [0.15, 0.2) is 0 Å². The van der Waals surface area contributed by atoms with Crippen molar-refractivity contribution < 1.29 is 4.39 Å². The van der Waals surface area contributed by atoms with E-state index in [1.807, 2.05) is 25.4 Å². The quantitative estimate of drug-likeness (QED) is 0.635. The number of halogens is 1. The summed E-state index contributed by atoms with van der Waals surface area (Å²) in [4.78, 5) is 6.92. The average Bonchev–Trinajstić information content (AvgIpc) is 3.02. The zero-order valence-corrected chi connectivity index (χ0v) is 16.2. The highest BCUT2D eigenvalue weighted by Crippen LogP contribution is 2.36. The maximum Gasteiger partial charge on any atom is 0.126 e. The Labute approximate surface area is 160 Å². The summed E-state index contributed by atoms with van der Waals surface area (Å²) < 4.78 is 15.9.